The first-order valence-electron chi connectivity index (χ1n) is 11.3. The van der Waals surface area contributed by atoms with Crippen LogP contribution in [0.25, 0.3) is 22.3 Å². The lowest BCUT2D eigenvalue weighted by Crippen LogP contribution is -2.35. The molecule has 0 amide bonds. The monoisotopic (exact) mass is 424 g/mol. The van der Waals surface area contributed by atoms with E-state index >= 15 is 0 Å². The van der Waals surface area contributed by atoms with Crippen molar-refractivity contribution < 1.29 is 5.11 Å². The normalized spacial score (nSPS) is 15.2. The molecule has 1 aliphatic heterocycles. The Hall–Kier alpha value is -3.28. The minimum Gasteiger partial charge on any atom is -0.393 e. The average Bonchev–Trinajstić information content (AvgIpc) is 2.85. The Labute approximate surface area is 188 Å². The van der Waals surface area contributed by atoms with Gasteiger partial charge in [0.2, 0.25) is 0 Å². The summed E-state index contributed by atoms with van der Waals surface area (Å²) in [7, 11) is 0. The van der Waals surface area contributed by atoms with E-state index in [9.17, 15) is 5.11 Å². The minimum absolute atomic E-state index is 0.145. The fraction of sp³-hybridized carbons (Fsp3) is 0.259. The molecule has 1 saturated heterocycles. The molecule has 0 spiro atoms. The van der Waals surface area contributed by atoms with Gasteiger partial charge in [-0.3, -0.25) is 4.90 Å². The molecule has 0 aliphatic carbocycles. The van der Waals surface area contributed by atoms with Crippen LogP contribution < -0.4 is 5.32 Å². The summed E-state index contributed by atoms with van der Waals surface area (Å²) in [5.74, 6) is 1.58. The van der Waals surface area contributed by atoms with Crippen LogP contribution in [0, 0.1) is 0 Å². The molecule has 5 heteroatoms. The lowest BCUT2D eigenvalue weighted by molar-refractivity contribution is 0.0791. The summed E-state index contributed by atoms with van der Waals surface area (Å²) in [5, 5.41) is 14.4. The molecule has 2 N–H and O–H groups in total. The second-order valence-electron chi connectivity index (χ2n) is 8.41. The lowest BCUT2D eigenvalue weighted by Gasteiger charge is -2.30. The topological polar surface area (TPSA) is 61.3 Å². The molecule has 1 aliphatic rings. The third-order valence-electron chi connectivity index (χ3n) is 6.15. The zero-order valence-corrected chi connectivity index (χ0v) is 18.1. The van der Waals surface area contributed by atoms with Gasteiger partial charge >= 0.3 is 0 Å². The third kappa shape index (κ3) is 4.64. The van der Waals surface area contributed by atoms with Crippen molar-refractivity contribution in [2.45, 2.75) is 32.0 Å². The molecular weight excluding hydrogens is 396 g/mol. The predicted molar refractivity (Wildman–Crippen MR) is 129 cm³/mol. The zero-order valence-electron chi connectivity index (χ0n) is 18.1. The molecule has 0 saturated carbocycles. The number of likely N-dealkylation sites (tertiary alicyclic amines) is 1. The highest BCUT2D eigenvalue weighted by Crippen LogP contribution is 2.26. The third-order valence-corrected chi connectivity index (χ3v) is 6.15. The van der Waals surface area contributed by atoms with E-state index in [4.69, 9.17) is 9.97 Å². The Bertz CT molecular complexity index is 1190. The number of benzene rings is 3. The number of rotatable bonds is 6. The van der Waals surface area contributed by atoms with E-state index < -0.39 is 0 Å². The molecule has 1 fully saturated rings. The molecule has 32 heavy (non-hydrogen) atoms. The predicted octanol–water partition coefficient (Wildman–Crippen LogP) is 4.87. The molecule has 1 aromatic heterocycles. The van der Waals surface area contributed by atoms with E-state index in [1.807, 2.05) is 48.5 Å². The molecule has 3 aromatic carbocycles. The molecule has 2 heterocycles. The maximum Gasteiger partial charge on any atom is 0.162 e. The van der Waals surface area contributed by atoms with E-state index in [0.717, 1.165) is 60.6 Å². The van der Waals surface area contributed by atoms with Crippen molar-refractivity contribution in [1.29, 1.82) is 0 Å². The first kappa shape index (κ1) is 20.6. The van der Waals surface area contributed by atoms with Gasteiger partial charge in [-0.1, -0.05) is 66.7 Å². The number of aromatic nitrogens is 2. The number of anilines is 1. The second kappa shape index (κ2) is 9.47. The van der Waals surface area contributed by atoms with Gasteiger partial charge in [-0.2, -0.15) is 0 Å². The van der Waals surface area contributed by atoms with Crippen molar-refractivity contribution in [3.05, 3.63) is 90.0 Å². The molecule has 0 unspecified atom stereocenters. The second-order valence-corrected chi connectivity index (χ2v) is 8.41. The highest BCUT2D eigenvalue weighted by Gasteiger charge is 2.18. The number of nitrogens with zero attached hydrogens (tertiary/aromatic N) is 3. The van der Waals surface area contributed by atoms with Crippen LogP contribution in [-0.2, 0) is 13.1 Å². The number of nitrogens with one attached hydrogen (secondary N) is 1. The molecule has 5 rings (SSSR count). The van der Waals surface area contributed by atoms with Crippen molar-refractivity contribution in [1.82, 2.24) is 14.9 Å². The highest BCUT2D eigenvalue weighted by molar-refractivity contribution is 5.90. The molecule has 5 nitrogen and oxygen atoms in total. The van der Waals surface area contributed by atoms with Gasteiger partial charge in [0.15, 0.2) is 5.82 Å². The van der Waals surface area contributed by atoms with Crippen molar-refractivity contribution in [2.24, 2.45) is 0 Å². The number of aliphatic hydroxyl groups is 1. The first-order chi connectivity index (χ1) is 15.8. The van der Waals surface area contributed by atoms with Crippen molar-refractivity contribution in [2.75, 3.05) is 18.4 Å². The van der Waals surface area contributed by atoms with Crippen LogP contribution in [0.5, 0.6) is 0 Å². The minimum atomic E-state index is -0.145. The lowest BCUT2D eigenvalue weighted by atomic mass is 10.0. The summed E-state index contributed by atoms with van der Waals surface area (Å²) in [6.07, 6.45) is 1.57. The van der Waals surface area contributed by atoms with Gasteiger partial charge in [0, 0.05) is 37.1 Å². The molecular formula is C27H28N4O. The number of piperidine rings is 1. The molecule has 0 bridgehead atoms. The van der Waals surface area contributed by atoms with Crippen LogP contribution in [0.4, 0.5) is 5.82 Å². The van der Waals surface area contributed by atoms with Crippen LogP contribution in [0.3, 0.4) is 0 Å². The summed E-state index contributed by atoms with van der Waals surface area (Å²) < 4.78 is 0. The summed E-state index contributed by atoms with van der Waals surface area (Å²) in [5.41, 5.74) is 4.53. The highest BCUT2D eigenvalue weighted by atomic mass is 16.3. The van der Waals surface area contributed by atoms with Crippen LogP contribution in [0.1, 0.15) is 24.0 Å². The molecule has 0 atom stereocenters. The van der Waals surface area contributed by atoms with Gasteiger partial charge in [-0.15, -0.1) is 0 Å². The van der Waals surface area contributed by atoms with Crippen molar-refractivity contribution >= 4 is 16.7 Å². The summed E-state index contributed by atoms with van der Waals surface area (Å²) in [6.45, 7) is 3.49. The van der Waals surface area contributed by atoms with E-state index in [1.165, 1.54) is 11.1 Å². The Kier molecular flexibility index (Phi) is 6.10. The Morgan fingerprint density at radius 2 is 1.50 bits per heavy atom. The van der Waals surface area contributed by atoms with Gasteiger partial charge in [0.05, 0.1) is 11.6 Å². The van der Waals surface area contributed by atoms with Crippen LogP contribution in [0.15, 0.2) is 78.9 Å². The Morgan fingerprint density at radius 3 is 2.31 bits per heavy atom. The van der Waals surface area contributed by atoms with Gasteiger partial charge in [0.25, 0.3) is 0 Å². The van der Waals surface area contributed by atoms with E-state index in [0.29, 0.717) is 6.54 Å². The van der Waals surface area contributed by atoms with Crippen molar-refractivity contribution in [3.8, 4) is 11.4 Å². The Morgan fingerprint density at radius 1 is 0.812 bits per heavy atom. The molecule has 162 valence electrons. The summed E-state index contributed by atoms with van der Waals surface area (Å²) in [4.78, 5) is 12.1. The van der Waals surface area contributed by atoms with Gasteiger partial charge in [-0.05, 0) is 36.1 Å². The van der Waals surface area contributed by atoms with Crippen LogP contribution in [0.2, 0.25) is 0 Å². The number of hydrogen-bond acceptors (Lipinski definition) is 5. The van der Waals surface area contributed by atoms with Gasteiger partial charge in [0.1, 0.15) is 5.82 Å². The fourth-order valence-corrected chi connectivity index (χ4v) is 4.31. The number of para-hydroxylation sites is 1. The SMILES string of the molecule is OC1CCN(Cc2ccccc2CNc2nc(-c3ccccc3)nc3ccccc23)CC1. The van der Waals surface area contributed by atoms with Gasteiger partial charge in [-0.25, -0.2) is 9.97 Å². The quantitative estimate of drug-likeness (QED) is 0.463. The molecule has 4 aromatic rings. The largest absolute Gasteiger partial charge is 0.393 e. The standard InChI is InChI=1S/C27H28N4O/c32-23-14-16-31(17-15-23)19-22-11-5-4-10-21(22)18-28-27-24-12-6-7-13-25(24)29-26(30-27)20-8-2-1-3-9-20/h1-13,23,32H,14-19H2,(H,28,29,30). The van der Waals surface area contributed by atoms with Crippen molar-refractivity contribution in [3.63, 3.8) is 0 Å². The van der Waals surface area contributed by atoms with Crippen LogP contribution >= 0.6 is 0 Å². The van der Waals surface area contributed by atoms with Crippen LogP contribution in [-0.4, -0.2) is 39.2 Å². The first-order valence-corrected chi connectivity index (χ1v) is 11.3. The Balaban J connectivity index is 1.40. The van der Waals surface area contributed by atoms with E-state index in [1.54, 1.807) is 0 Å². The summed E-state index contributed by atoms with van der Waals surface area (Å²) >= 11 is 0. The zero-order chi connectivity index (χ0) is 21.8. The number of aliphatic hydroxyl groups excluding tert-OH is 1. The van der Waals surface area contributed by atoms with E-state index in [2.05, 4.69) is 40.5 Å². The maximum absolute atomic E-state index is 9.80. The smallest absolute Gasteiger partial charge is 0.162 e. The molecule has 0 radical (unpaired) electrons. The number of hydrogen-bond donors (Lipinski definition) is 2. The number of fused-ring (bicyclic) bond motifs is 1. The van der Waals surface area contributed by atoms with E-state index in [-0.39, 0.29) is 6.10 Å². The average molecular weight is 425 g/mol. The van der Waals surface area contributed by atoms with Gasteiger partial charge < -0.3 is 10.4 Å². The summed E-state index contributed by atoms with van der Waals surface area (Å²) in [6, 6.07) is 26.8. The fourth-order valence-electron chi connectivity index (χ4n) is 4.31. The maximum atomic E-state index is 9.80.